The molecular weight excluding hydrogens is 328 g/mol. The molecule has 2 N–H and O–H groups in total. The van der Waals surface area contributed by atoms with Crippen LogP contribution < -0.4 is 5.32 Å². The summed E-state index contributed by atoms with van der Waals surface area (Å²) in [6, 6.07) is 3.73. The van der Waals surface area contributed by atoms with Crippen LogP contribution in [0.2, 0.25) is 0 Å². The van der Waals surface area contributed by atoms with Crippen LogP contribution in [0, 0.1) is 19.8 Å². The van der Waals surface area contributed by atoms with Gasteiger partial charge in [0.2, 0.25) is 5.91 Å². The Hall–Kier alpha value is -2.04. The van der Waals surface area contributed by atoms with Crippen molar-refractivity contribution in [1.29, 1.82) is 0 Å². The third kappa shape index (κ3) is 4.02. The van der Waals surface area contributed by atoms with Gasteiger partial charge in [0.1, 0.15) is 5.75 Å². The number of phenols is 1. The Morgan fingerprint density at radius 1 is 1.04 bits per heavy atom. The molecule has 2 amide bonds. The van der Waals surface area contributed by atoms with Gasteiger partial charge in [-0.1, -0.05) is 25.3 Å². The van der Waals surface area contributed by atoms with E-state index in [1.165, 1.54) is 6.42 Å². The van der Waals surface area contributed by atoms with Gasteiger partial charge in [-0.25, -0.2) is 0 Å². The van der Waals surface area contributed by atoms with Gasteiger partial charge in [-0.2, -0.15) is 0 Å². The first-order valence-electron chi connectivity index (χ1n) is 9.86. The van der Waals surface area contributed by atoms with Crippen molar-refractivity contribution in [2.75, 3.05) is 13.1 Å². The van der Waals surface area contributed by atoms with Crippen molar-refractivity contribution in [2.45, 2.75) is 64.8 Å². The Morgan fingerprint density at radius 3 is 2.35 bits per heavy atom. The molecule has 2 aliphatic rings. The highest BCUT2D eigenvalue weighted by atomic mass is 16.3. The number of aryl methyl sites for hydroxylation is 1. The molecule has 5 nitrogen and oxygen atoms in total. The molecule has 1 aromatic rings. The molecule has 0 unspecified atom stereocenters. The molecule has 0 bridgehead atoms. The van der Waals surface area contributed by atoms with Crippen molar-refractivity contribution < 1.29 is 14.7 Å². The zero-order valence-electron chi connectivity index (χ0n) is 15.9. The van der Waals surface area contributed by atoms with Gasteiger partial charge in [-0.15, -0.1) is 0 Å². The Bertz CT molecular complexity index is 672. The number of likely N-dealkylation sites (tertiary alicyclic amines) is 1. The maximum Gasteiger partial charge on any atom is 0.257 e. The maximum atomic E-state index is 12.7. The summed E-state index contributed by atoms with van der Waals surface area (Å²) in [5, 5.41) is 13.5. The number of carbonyl (C=O) groups is 2. The van der Waals surface area contributed by atoms with E-state index >= 15 is 0 Å². The second-order valence-corrected chi connectivity index (χ2v) is 7.81. The molecule has 0 aromatic heterocycles. The van der Waals surface area contributed by atoms with Crippen LogP contribution in [0.5, 0.6) is 5.75 Å². The summed E-state index contributed by atoms with van der Waals surface area (Å²) in [7, 11) is 0. The lowest BCUT2D eigenvalue weighted by molar-refractivity contribution is -0.126. The van der Waals surface area contributed by atoms with Crippen LogP contribution in [-0.4, -0.2) is 41.0 Å². The fourth-order valence-corrected chi connectivity index (χ4v) is 4.05. The minimum absolute atomic E-state index is 0.0859. The van der Waals surface area contributed by atoms with Crippen LogP contribution >= 0.6 is 0 Å². The predicted octanol–water partition coefficient (Wildman–Crippen LogP) is 3.31. The van der Waals surface area contributed by atoms with Crippen LogP contribution in [0.15, 0.2) is 12.1 Å². The van der Waals surface area contributed by atoms with Gasteiger partial charge in [-0.3, -0.25) is 9.59 Å². The fourth-order valence-electron chi connectivity index (χ4n) is 4.05. The number of nitrogens with one attached hydrogen (secondary N) is 1. The molecule has 1 aliphatic heterocycles. The highest BCUT2D eigenvalue weighted by molar-refractivity contribution is 5.97. The number of nitrogens with zero attached hydrogens (tertiary/aromatic N) is 1. The van der Waals surface area contributed by atoms with Crippen molar-refractivity contribution in [3.8, 4) is 5.75 Å². The Balaban J connectivity index is 1.54. The second-order valence-electron chi connectivity index (χ2n) is 7.81. The van der Waals surface area contributed by atoms with Crippen molar-refractivity contribution >= 4 is 11.8 Å². The summed E-state index contributed by atoms with van der Waals surface area (Å²) >= 11 is 0. The van der Waals surface area contributed by atoms with Gasteiger partial charge in [0.05, 0.1) is 5.56 Å². The number of hydrogen-bond donors (Lipinski definition) is 2. The van der Waals surface area contributed by atoms with Gasteiger partial charge < -0.3 is 15.3 Å². The molecule has 0 spiro atoms. The number of benzene rings is 1. The third-order valence-corrected chi connectivity index (χ3v) is 6.04. The van der Waals surface area contributed by atoms with Gasteiger partial charge in [0.25, 0.3) is 5.91 Å². The number of carbonyl (C=O) groups excluding carboxylic acids is 2. The fraction of sp³-hybridized carbons (Fsp3) is 0.619. The number of piperidine rings is 1. The van der Waals surface area contributed by atoms with Gasteiger partial charge >= 0.3 is 0 Å². The summed E-state index contributed by atoms with van der Waals surface area (Å²) in [6.07, 6.45) is 7.13. The lowest BCUT2D eigenvalue weighted by Crippen LogP contribution is -2.48. The van der Waals surface area contributed by atoms with Gasteiger partial charge in [0, 0.05) is 25.0 Å². The lowest BCUT2D eigenvalue weighted by Gasteiger charge is -2.33. The molecule has 1 aliphatic carbocycles. The molecule has 0 atom stereocenters. The third-order valence-electron chi connectivity index (χ3n) is 6.04. The van der Waals surface area contributed by atoms with Gasteiger partial charge in [0.15, 0.2) is 0 Å². The molecule has 1 aromatic carbocycles. The van der Waals surface area contributed by atoms with E-state index < -0.39 is 0 Å². The summed E-state index contributed by atoms with van der Waals surface area (Å²) in [6.45, 7) is 4.97. The highest BCUT2D eigenvalue weighted by Crippen LogP contribution is 2.27. The van der Waals surface area contributed by atoms with Crippen LogP contribution in [-0.2, 0) is 4.79 Å². The number of rotatable bonds is 3. The van der Waals surface area contributed by atoms with E-state index in [1.807, 2.05) is 19.9 Å². The molecule has 0 radical (unpaired) electrons. The van der Waals surface area contributed by atoms with E-state index in [9.17, 15) is 14.7 Å². The standard InChI is InChI=1S/C21H30N2O3/c1-14-8-9-18(19(24)15(14)2)21(26)23-12-10-17(11-13-23)22-20(25)16-6-4-3-5-7-16/h8-9,16-17,24H,3-7,10-13H2,1-2H3,(H,22,25). The monoisotopic (exact) mass is 358 g/mol. The zero-order chi connectivity index (χ0) is 18.7. The Labute approximate surface area is 155 Å². The zero-order valence-corrected chi connectivity index (χ0v) is 15.9. The highest BCUT2D eigenvalue weighted by Gasteiger charge is 2.28. The van der Waals surface area contributed by atoms with E-state index in [0.717, 1.165) is 49.7 Å². The minimum Gasteiger partial charge on any atom is -0.507 e. The molecule has 5 heteroatoms. The molecule has 26 heavy (non-hydrogen) atoms. The average molecular weight is 358 g/mol. The lowest BCUT2D eigenvalue weighted by atomic mass is 9.88. The van der Waals surface area contributed by atoms with E-state index in [2.05, 4.69) is 5.32 Å². The van der Waals surface area contributed by atoms with Crippen LogP contribution in [0.25, 0.3) is 0 Å². The van der Waals surface area contributed by atoms with E-state index in [1.54, 1.807) is 11.0 Å². The maximum absolute atomic E-state index is 12.7. The Kier molecular flexibility index (Phi) is 5.84. The number of amides is 2. The molecule has 3 rings (SSSR count). The first-order valence-corrected chi connectivity index (χ1v) is 9.86. The molecular formula is C21H30N2O3. The smallest absolute Gasteiger partial charge is 0.257 e. The normalized spacial score (nSPS) is 19.4. The first kappa shape index (κ1) is 18.7. The molecule has 1 saturated carbocycles. The van der Waals surface area contributed by atoms with E-state index in [4.69, 9.17) is 0 Å². The molecule has 2 fully saturated rings. The SMILES string of the molecule is Cc1ccc(C(=O)N2CCC(NC(=O)C3CCCCC3)CC2)c(O)c1C. The van der Waals surface area contributed by atoms with Gasteiger partial charge in [-0.05, 0) is 56.7 Å². The first-order chi connectivity index (χ1) is 12.5. The number of phenolic OH excluding ortho intramolecular Hbond substituents is 1. The second kappa shape index (κ2) is 8.11. The van der Waals surface area contributed by atoms with Crippen molar-refractivity contribution in [2.24, 2.45) is 5.92 Å². The summed E-state index contributed by atoms with van der Waals surface area (Å²) in [4.78, 5) is 26.9. The van der Waals surface area contributed by atoms with Crippen molar-refractivity contribution in [3.63, 3.8) is 0 Å². The predicted molar refractivity (Wildman–Crippen MR) is 101 cm³/mol. The average Bonchev–Trinajstić information content (AvgIpc) is 2.67. The number of hydrogen-bond acceptors (Lipinski definition) is 3. The topological polar surface area (TPSA) is 69.6 Å². The van der Waals surface area contributed by atoms with Crippen molar-refractivity contribution in [3.05, 3.63) is 28.8 Å². The summed E-state index contributed by atoms with van der Waals surface area (Å²) < 4.78 is 0. The largest absolute Gasteiger partial charge is 0.507 e. The molecule has 1 heterocycles. The molecule has 1 saturated heterocycles. The van der Waals surface area contributed by atoms with Crippen LogP contribution in [0.4, 0.5) is 0 Å². The van der Waals surface area contributed by atoms with Crippen LogP contribution in [0.3, 0.4) is 0 Å². The number of aromatic hydroxyl groups is 1. The van der Waals surface area contributed by atoms with E-state index in [-0.39, 0.29) is 29.5 Å². The Morgan fingerprint density at radius 2 is 1.69 bits per heavy atom. The summed E-state index contributed by atoms with van der Waals surface area (Å²) in [5.74, 6) is 0.336. The molecule has 142 valence electrons. The van der Waals surface area contributed by atoms with E-state index in [0.29, 0.717) is 18.7 Å². The van der Waals surface area contributed by atoms with Crippen molar-refractivity contribution in [1.82, 2.24) is 10.2 Å². The van der Waals surface area contributed by atoms with Crippen LogP contribution in [0.1, 0.15) is 66.4 Å². The quantitative estimate of drug-likeness (QED) is 0.871. The minimum atomic E-state index is -0.123. The summed E-state index contributed by atoms with van der Waals surface area (Å²) in [5.41, 5.74) is 2.10.